The van der Waals surface area contributed by atoms with Crippen LogP contribution in [0.15, 0.2) is 0 Å². The maximum atomic E-state index is 12.0. The first-order chi connectivity index (χ1) is 8.70. The summed E-state index contributed by atoms with van der Waals surface area (Å²) in [6.07, 6.45) is 1.31. The lowest BCUT2D eigenvalue weighted by atomic mass is 10.1. The fraction of sp³-hybridized carbons (Fsp3) is 0.857. The number of ketones is 1. The van der Waals surface area contributed by atoms with Crippen molar-refractivity contribution in [2.75, 3.05) is 26.7 Å². The quantitative estimate of drug-likeness (QED) is 0.786. The Labute approximate surface area is 115 Å². The first kappa shape index (κ1) is 16.0. The summed E-state index contributed by atoms with van der Waals surface area (Å²) in [5.74, 6) is 0.183. The molecule has 19 heavy (non-hydrogen) atoms. The molecule has 0 radical (unpaired) electrons. The second kappa shape index (κ2) is 6.37. The third-order valence-electron chi connectivity index (χ3n) is 3.53. The summed E-state index contributed by atoms with van der Waals surface area (Å²) in [5, 5.41) is 0. The van der Waals surface area contributed by atoms with Crippen LogP contribution in [0.2, 0.25) is 0 Å². The lowest BCUT2D eigenvalue weighted by molar-refractivity contribution is -0.118. The number of likely N-dealkylation sites (tertiary alicyclic amines) is 1. The molecule has 110 valence electrons. The zero-order valence-electron chi connectivity index (χ0n) is 12.7. The van der Waals surface area contributed by atoms with Crippen molar-refractivity contribution in [3.63, 3.8) is 0 Å². The Morgan fingerprint density at radius 1 is 1.26 bits per heavy atom. The van der Waals surface area contributed by atoms with E-state index in [-0.39, 0.29) is 23.5 Å². The van der Waals surface area contributed by atoms with E-state index >= 15 is 0 Å². The van der Waals surface area contributed by atoms with Crippen molar-refractivity contribution >= 4 is 11.9 Å². The van der Waals surface area contributed by atoms with Gasteiger partial charge in [0.1, 0.15) is 11.9 Å². The lowest BCUT2D eigenvalue weighted by Gasteiger charge is -2.35. The topological polar surface area (TPSA) is 49.9 Å². The minimum absolute atomic E-state index is 0.0273. The Hall–Kier alpha value is -1.10. The van der Waals surface area contributed by atoms with Crippen molar-refractivity contribution in [3.05, 3.63) is 0 Å². The van der Waals surface area contributed by atoms with E-state index < -0.39 is 0 Å². The van der Waals surface area contributed by atoms with Crippen LogP contribution in [0.25, 0.3) is 0 Å². The van der Waals surface area contributed by atoms with Gasteiger partial charge in [-0.3, -0.25) is 9.69 Å². The Bertz CT molecular complexity index is 328. The number of rotatable bonds is 3. The molecule has 1 saturated heterocycles. The van der Waals surface area contributed by atoms with Crippen LogP contribution in [-0.4, -0.2) is 60.0 Å². The van der Waals surface area contributed by atoms with Gasteiger partial charge in [-0.2, -0.15) is 0 Å². The van der Waals surface area contributed by atoms with Crippen molar-refractivity contribution in [2.45, 2.75) is 52.2 Å². The Kier molecular flexibility index (Phi) is 5.35. The van der Waals surface area contributed by atoms with E-state index in [1.165, 1.54) is 0 Å². The van der Waals surface area contributed by atoms with Crippen LogP contribution in [-0.2, 0) is 9.53 Å². The van der Waals surface area contributed by atoms with Crippen molar-refractivity contribution in [1.29, 1.82) is 0 Å². The molecule has 0 aliphatic carbocycles. The molecular weight excluding hydrogens is 244 g/mol. The fourth-order valence-electron chi connectivity index (χ4n) is 2.00. The van der Waals surface area contributed by atoms with Crippen LogP contribution in [0.4, 0.5) is 4.79 Å². The average Bonchev–Trinajstić information content (AvgIpc) is 2.28. The van der Waals surface area contributed by atoms with Gasteiger partial charge >= 0.3 is 6.09 Å². The molecule has 0 saturated carbocycles. The van der Waals surface area contributed by atoms with E-state index in [9.17, 15) is 9.59 Å². The van der Waals surface area contributed by atoms with Gasteiger partial charge in [0.15, 0.2) is 0 Å². The molecular formula is C14H26N2O3. The summed E-state index contributed by atoms with van der Waals surface area (Å²) in [5.41, 5.74) is -0.230. The monoisotopic (exact) mass is 270 g/mol. The van der Waals surface area contributed by atoms with Gasteiger partial charge in [-0.1, -0.05) is 0 Å². The van der Waals surface area contributed by atoms with E-state index in [1.54, 1.807) is 18.9 Å². The standard InChI is InChI=1S/C14H26N2O3/c1-11(17)10-16-8-6-12(7-9-16)19-13(18)15(5)14(2,3)4/h12H,6-10H2,1-5H3. The molecule has 1 aliphatic heterocycles. The zero-order chi connectivity index (χ0) is 14.6. The normalized spacial score (nSPS) is 18.2. The number of hydrogen-bond acceptors (Lipinski definition) is 4. The zero-order valence-corrected chi connectivity index (χ0v) is 12.7. The third kappa shape index (κ3) is 5.19. The number of ether oxygens (including phenoxy) is 1. The Morgan fingerprint density at radius 2 is 1.79 bits per heavy atom. The van der Waals surface area contributed by atoms with Crippen molar-refractivity contribution in [2.24, 2.45) is 0 Å². The number of nitrogens with zero attached hydrogens (tertiary/aromatic N) is 2. The van der Waals surface area contributed by atoms with Crippen LogP contribution >= 0.6 is 0 Å². The molecule has 0 N–H and O–H groups in total. The second-order valence-electron chi connectivity index (χ2n) is 6.29. The highest BCUT2D eigenvalue weighted by Crippen LogP contribution is 2.17. The van der Waals surface area contributed by atoms with Gasteiger partial charge in [0.05, 0.1) is 6.54 Å². The predicted octanol–water partition coefficient (Wildman–Crippen LogP) is 1.91. The molecule has 1 rings (SSSR count). The molecule has 5 nitrogen and oxygen atoms in total. The summed E-state index contributed by atoms with van der Waals surface area (Å²) in [6.45, 7) is 9.66. The summed E-state index contributed by atoms with van der Waals surface area (Å²) in [7, 11) is 1.76. The van der Waals surface area contributed by atoms with Crippen LogP contribution in [0.1, 0.15) is 40.5 Å². The largest absolute Gasteiger partial charge is 0.446 e. The number of carbonyl (C=O) groups is 2. The SMILES string of the molecule is CC(=O)CN1CCC(OC(=O)N(C)C(C)(C)C)CC1. The summed E-state index contributed by atoms with van der Waals surface area (Å²) < 4.78 is 5.51. The first-order valence-corrected chi connectivity index (χ1v) is 6.86. The molecule has 1 aliphatic rings. The molecule has 1 fully saturated rings. The molecule has 0 aromatic carbocycles. The number of Topliss-reactive ketones (excluding diaryl/α,β-unsaturated/α-hetero) is 1. The van der Waals surface area contributed by atoms with E-state index in [1.807, 2.05) is 20.8 Å². The molecule has 5 heteroatoms. The lowest BCUT2D eigenvalue weighted by Crippen LogP contribution is -2.46. The van der Waals surface area contributed by atoms with Crippen molar-refractivity contribution in [3.8, 4) is 0 Å². The molecule has 1 heterocycles. The summed E-state index contributed by atoms with van der Waals surface area (Å²) in [6, 6.07) is 0. The Morgan fingerprint density at radius 3 is 2.21 bits per heavy atom. The van der Waals surface area contributed by atoms with Crippen LogP contribution in [0.5, 0.6) is 0 Å². The number of hydrogen-bond donors (Lipinski definition) is 0. The molecule has 0 aromatic rings. The highest BCUT2D eigenvalue weighted by Gasteiger charge is 2.28. The van der Waals surface area contributed by atoms with Gasteiger partial charge in [-0.25, -0.2) is 4.79 Å². The Balaban J connectivity index is 2.37. The molecule has 0 aromatic heterocycles. The average molecular weight is 270 g/mol. The maximum absolute atomic E-state index is 12.0. The van der Waals surface area contributed by atoms with Crippen LogP contribution in [0, 0.1) is 0 Å². The number of piperidine rings is 1. The van der Waals surface area contributed by atoms with E-state index in [0.717, 1.165) is 25.9 Å². The van der Waals surface area contributed by atoms with Crippen LogP contribution < -0.4 is 0 Å². The number of carbonyl (C=O) groups excluding carboxylic acids is 2. The first-order valence-electron chi connectivity index (χ1n) is 6.86. The van der Waals surface area contributed by atoms with Gasteiger partial charge in [0, 0.05) is 25.7 Å². The van der Waals surface area contributed by atoms with Gasteiger partial charge in [-0.15, -0.1) is 0 Å². The molecule has 0 spiro atoms. The highest BCUT2D eigenvalue weighted by molar-refractivity contribution is 5.77. The maximum Gasteiger partial charge on any atom is 0.410 e. The summed E-state index contributed by atoms with van der Waals surface area (Å²) >= 11 is 0. The number of amides is 1. The van der Waals surface area contributed by atoms with E-state index in [4.69, 9.17) is 4.74 Å². The van der Waals surface area contributed by atoms with Crippen LogP contribution in [0.3, 0.4) is 0 Å². The summed E-state index contributed by atoms with van der Waals surface area (Å²) in [4.78, 5) is 26.7. The third-order valence-corrected chi connectivity index (χ3v) is 3.53. The van der Waals surface area contributed by atoms with E-state index in [2.05, 4.69) is 4.90 Å². The minimum atomic E-state index is -0.266. The van der Waals surface area contributed by atoms with E-state index in [0.29, 0.717) is 6.54 Å². The minimum Gasteiger partial charge on any atom is -0.446 e. The van der Waals surface area contributed by atoms with Crippen molar-refractivity contribution in [1.82, 2.24) is 9.80 Å². The van der Waals surface area contributed by atoms with Crippen molar-refractivity contribution < 1.29 is 14.3 Å². The van der Waals surface area contributed by atoms with Gasteiger partial charge in [0.2, 0.25) is 0 Å². The molecule has 0 atom stereocenters. The van der Waals surface area contributed by atoms with Gasteiger partial charge in [0.25, 0.3) is 0 Å². The molecule has 0 bridgehead atoms. The molecule has 0 unspecified atom stereocenters. The van der Waals surface area contributed by atoms with Gasteiger partial charge < -0.3 is 9.64 Å². The molecule has 1 amide bonds. The second-order valence-corrected chi connectivity index (χ2v) is 6.29. The predicted molar refractivity (Wildman–Crippen MR) is 74.1 cm³/mol. The highest BCUT2D eigenvalue weighted by atomic mass is 16.6. The van der Waals surface area contributed by atoms with Gasteiger partial charge in [-0.05, 0) is 40.5 Å². The fourth-order valence-corrected chi connectivity index (χ4v) is 2.00. The smallest absolute Gasteiger partial charge is 0.410 e.